The van der Waals surface area contributed by atoms with Crippen LogP contribution in [0, 0.1) is 5.92 Å². The third-order valence-corrected chi connectivity index (χ3v) is 3.92. The first-order valence-corrected chi connectivity index (χ1v) is 7.21. The van der Waals surface area contributed by atoms with E-state index < -0.39 is 0 Å². The molecule has 0 radical (unpaired) electrons. The van der Waals surface area contributed by atoms with Gasteiger partial charge in [-0.1, -0.05) is 32.4 Å². The molecule has 2 heterocycles. The minimum Gasteiger partial charge on any atom is -0.379 e. The Bertz CT molecular complexity index is 439. The third kappa shape index (κ3) is 3.37. The molecule has 106 valence electrons. The highest BCUT2D eigenvalue weighted by Crippen LogP contribution is 2.26. The number of nitrogens with zero attached hydrogens (tertiary/aromatic N) is 3. The minimum absolute atomic E-state index is 0.255. The summed E-state index contributed by atoms with van der Waals surface area (Å²) in [6, 6.07) is 1.84. The molecule has 1 aliphatic rings. The fraction of sp³-hybridized carbons (Fsp3) is 0.714. The van der Waals surface area contributed by atoms with Gasteiger partial charge in [-0.25, -0.2) is 9.97 Å². The molecule has 0 aromatic carbocycles. The van der Waals surface area contributed by atoms with Gasteiger partial charge < -0.3 is 9.64 Å². The molecule has 4 nitrogen and oxygen atoms in total. The lowest BCUT2D eigenvalue weighted by molar-refractivity contribution is 0.0496. The Kier molecular flexibility index (Phi) is 4.63. The largest absolute Gasteiger partial charge is 0.379 e. The first-order chi connectivity index (χ1) is 9.01. The maximum atomic E-state index is 6.10. The number of methoxy groups -OCH3 is 1. The molecule has 1 fully saturated rings. The van der Waals surface area contributed by atoms with Crippen LogP contribution in [0.4, 0.5) is 5.82 Å². The molecule has 1 aliphatic heterocycles. The molecular formula is C14H22ClN3O. The van der Waals surface area contributed by atoms with Gasteiger partial charge in [0, 0.05) is 32.2 Å². The number of hydrogen-bond donors (Lipinski definition) is 0. The van der Waals surface area contributed by atoms with Crippen LogP contribution in [0.5, 0.6) is 0 Å². The first-order valence-electron chi connectivity index (χ1n) is 6.83. The highest BCUT2D eigenvalue weighted by atomic mass is 35.5. The summed E-state index contributed by atoms with van der Waals surface area (Å²) in [7, 11) is 1.77. The van der Waals surface area contributed by atoms with Crippen LogP contribution in [-0.2, 0) is 4.74 Å². The highest BCUT2D eigenvalue weighted by Gasteiger charge is 2.27. The molecule has 0 aliphatic carbocycles. The quantitative estimate of drug-likeness (QED) is 0.799. The van der Waals surface area contributed by atoms with Crippen LogP contribution in [0.3, 0.4) is 0 Å². The summed E-state index contributed by atoms with van der Waals surface area (Å²) in [5.41, 5.74) is 0. The number of piperidine rings is 1. The molecular weight excluding hydrogens is 262 g/mol. The minimum atomic E-state index is 0.255. The number of rotatable bonds is 3. The molecule has 19 heavy (non-hydrogen) atoms. The van der Waals surface area contributed by atoms with Gasteiger partial charge >= 0.3 is 0 Å². The lowest BCUT2D eigenvalue weighted by Gasteiger charge is -2.37. The monoisotopic (exact) mass is 283 g/mol. The molecule has 1 aromatic rings. The third-order valence-electron chi connectivity index (χ3n) is 3.73. The van der Waals surface area contributed by atoms with Crippen molar-refractivity contribution in [3.8, 4) is 0 Å². The zero-order valence-corrected chi connectivity index (χ0v) is 12.8. The molecule has 2 unspecified atom stereocenters. The van der Waals surface area contributed by atoms with Crippen LogP contribution >= 0.6 is 11.6 Å². The normalized spacial score (nSPS) is 24.0. The Balaban J connectivity index is 2.22. The van der Waals surface area contributed by atoms with Crippen molar-refractivity contribution in [2.45, 2.75) is 39.2 Å². The number of hydrogen-bond acceptors (Lipinski definition) is 4. The van der Waals surface area contributed by atoms with E-state index in [1.54, 1.807) is 7.11 Å². The fourth-order valence-electron chi connectivity index (χ4n) is 2.39. The van der Waals surface area contributed by atoms with Crippen molar-refractivity contribution in [1.82, 2.24) is 9.97 Å². The van der Waals surface area contributed by atoms with Gasteiger partial charge in [-0.2, -0.15) is 0 Å². The highest BCUT2D eigenvalue weighted by molar-refractivity contribution is 6.29. The summed E-state index contributed by atoms with van der Waals surface area (Å²) in [5, 5.41) is 0.515. The van der Waals surface area contributed by atoms with Crippen molar-refractivity contribution >= 4 is 17.4 Å². The molecule has 1 aromatic heterocycles. The van der Waals surface area contributed by atoms with Gasteiger partial charge in [-0.15, -0.1) is 0 Å². The SMILES string of the molecule is COC1CN(c2cc(Cl)nc(C(C)C)n2)CCC1C. The second kappa shape index (κ2) is 6.06. The van der Waals surface area contributed by atoms with E-state index in [9.17, 15) is 0 Å². The standard InChI is InChI=1S/C14H22ClN3O/c1-9(2)14-16-12(15)7-13(17-14)18-6-5-10(3)11(8-18)19-4/h7,9-11H,5-6,8H2,1-4H3. The summed E-state index contributed by atoms with van der Waals surface area (Å²) in [6.45, 7) is 8.24. The molecule has 0 spiro atoms. The van der Waals surface area contributed by atoms with Crippen molar-refractivity contribution in [3.63, 3.8) is 0 Å². The van der Waals surface area contributed by atoms with Crippen molar-refractivity contribution in [2.75, 3.05) is 25.1 Å². The molecule has 0 saturated carbocycles. The van der Waals surface area contributed by atoms with Crippen LogP contribution < -0.4 is 4.90 Å². The summed E-state index contributed by atoms with van der Waals surface area (Å²) < 4.78 is 5.55. The zero-order valence-electron chi connectivity index (χ0n) is 12.1. The second-order valence-electron chi connectivity index (χ2n) is 5.55. The summed E-state index contributed by atoms with van der Waals surface area (Å²) in [4.78, 5) is 11.1. The lowest BCUT2D eigenvalue weighted by atomic mass is 9.96. The van der Waals surface area contributed by atoms with E-state index >= 15 is 0 Å². The summed E-state index contributed by atoms with van der Waals surface area (Å²) in [5.74, 6) is 2.58. The van der Waals surface area contributed by atoms with Gasteiger partial charge in [0.15, 0.2) is 0 Å². The number of halogens is 1. The zero-order chi connectivity index (χ0) is 14.0. The van der Waals surface area contributed by atoms with E-state index in [0.29, 0.717) is 11.1 Å². The Morgan fingerprint density at radius 3 is 2.79 bits per heavy atom. The Morgan fingerprint density at radius 2 is 2.16 bits per heavy atom. The fourth-order valence-corrected chi connectivity index (χ4v) is 2.58. The van der Waals surface area contributed by atoms with Crippen molar-refractivity contribution in [1.29, 1.82) is 0 Å². The molecule has 5 heteroatoms. The number of anilines is 1. The van der Waals surface area contributed by atoms with E-state index in [4.69, 9.17) is 16.3 Å². The lowest BCUT2D eigenvalue weighted by Crippen LogP contribution is -2.44. The topological polar surface area (TPSA) is 38.2 Å². The smallest absolute Gasteiger partial charge is 0.135 e. The van der Waals surface area contributed by atoms with Gasteiger partial charge in [0.25, 0.3) is 0 Å². The van der Waals surface area contributed by atoms with Gasteiger partial charge in [0.1, 0.15) is 16.8 Å². The molecule has 0 bridgehead atoms. The van der Waals surface area contributed by atoms with Crippen LogP contribution in [0.25, 0.3) is 0 Å². The van der Waals surface area contributed by atoms with Gasteiger partial charge in [-0.3, -0.25) is 0 Å². The van der Waals surface area contributed by atoms with E-state index in [1.165, 1.54) is 0 Å². The van der Waals surface area contributed by atoms with E-state index in [-0.39, 0.29) is 12.0 Å². The summed E-state index contributed by atoms with van der Waals surface area (Å²) >= 11 is 6.10. The van der Waals surface area contributed by atoms with E-state index in [2.05, 4.69) is 35.6 Å². The Morgan fingerprint density at radius 1 is 1.42 bits per heavy atom. The van der Waals surface area contributed by atoms with E-state index in [0.717, 1.165) is 31.2 Å². The number of ether oxygens (including phenoxy) is 1. The number of aromatic nitrogens is 2. The van der Waals surface area contributed by atoms with Gasteiger partial charge in [-0.05, 0) is 12.3 Å². The molecule has 1 saturated heterocycles. The Hall–Kier alpha value is -0.870. The average molecular weight is 284 g/mol. The molecule has 2 atom stereocenters. The van der Waals surface area contributed by atoms with Gasteiger partial charge in [0.2, 0.25) is 0 Å². The molecule has 0 amide bonds. The van der Waals surface area contributed by atoms with Crippen molar-refractivity contribution in [3.05, 3.63) is 17.0 Å². The van der Waals surface area contributed by atoms with Crippen molar-refractivity contribution in [2.24, 2.45) is 5.92 Å². The maximum Gasteiger partial charge on any atom is 0.135 e. The molecule has 2 rings (SSSR count). The average Bonchev–Trinajstić information content (AvgIpc) is 2.38. The van der Waals surface area contributed by atoms with Gasteiger partial charge in [0.05, 0.1) is 6.10 Å². The van der Waals surface area contributed by atoms with Crippen LogP contribution in [0.15, 0.2) is 6.07 Å². The van der Waals surface area contributed by atoms with Crippen LogP contribution in [-0.4, -0.2) is 36.3 Å². The second-order valence-corrected chi connectivity index (χ2v) is 5.94. The Labute approximate surface area is 120 Å². The predicted octanol–water partition coefficient (Wildman–Crippen LogP) is 3.11. The van der Waals surface area contributed by atoms with Crippen LogP contribution in [0.2, 0.25) is 5.15 Å². The van der Waals surface area contributed by atoms with E-state index in [1.807, 2.05) is 6.07 Å². The molecule has 0 N–H and O–H groups in total. The van der Waals surface area contributed by atoms with Crippen LogP contribution in [0.1, 0.15) is 38.9 Å². The predicted molar refractivity (Wildman–Crippen MR) is 77.9 cm³/mol. The maximum absolute atomic E-state index is 6.10. The summed E-state index contributed by atoms with van der Waals surface area (Å²) in [6.07, 6.45) is 1.36. The van der Waals surface area contributed by atoms with Crippen molar-refractivity contribution < 1.29 is 4.74 Å². The first kappa shape index (κ1) is 14.5.